The van der Waals surface area contributed by atoms with Gasteiger partial charge in [-0.1, -0.05) is 82.6 Å². The van der Waals surface area contributed by atoms with E-state index >= 15 is 8.63 Å². The van der Waals surface area contributed by atoms with Gasteiger partial charge in [-0.25, -0.2) is 4.79 Å². The number of benzene rings is 2. The van der Waals surface area contributed by atoms with Crippen LogP contribution in [0.5, 0.6) is 0 Å². The highest BCUT2D eigenvalue weighted by Crippen LogP contribution is 2.41. The molecule has 3 aromatic carbocycles. The molecule has 7 rings (SSSR count). The van der Waals surface area contributed by atoms with Crippen molar-refractivity contribution in [2.75, 3.05) is 6.54 Å². The van der Waals surface area contributed by atoms with Crippen molar-refractivity contribution in [2.24, 2.45) is 0 Å². The molecule has 2 aromatic heterocycles. The molecule has 2 aliphatic rings. The SMILES string of the molecule is CCCCCCCCCCCC[N+]1=C(C=c2c(=O)c(=c3ccc(=C4c5ccc(C)n5[B-](F)(F)n5c(C)ccc54)cc3)c2=O)C(C)(C)c2cc(C(=O)O)ccc21. The number of aryl methyl sites for hydroxylation is 2. The third-order valence-electron chi connectivity index (χ3n) is 11.9. The smallest absolute Gasteiger partial charge is 0.478 e. The van der Waals surface area contributed by atoms with E-state index in [-0.39, 0.29) is 26.9 Å². The number of halogens is 2. The zero-order valence-electron chi connectivity index (χ0n) is 32.6. The predicted molar refractivity (Wildman–Crippen MR) is 216 cm³/mol. The molecule has 5 aromatic rings. The van der Waals surface area contributed by atoms with Crippen LogP contribution in [0.1, 0.15) is 124 Å². The van der Waals surface area contributed by atoms with E-state index in [9.17, 15) is 19.5 Å². The highest BCUT2D eigenvalue weighted by Gasteiger charge is 2.45. The summed E-state index contributed by atoms with van der Waals surface area (Å²) in [5.74, 6) is -1.00. The molecule has 4 heterocycles. The van der Waals surface area contributed by atoms with Crippen LogP contribution in [0.4, 0.5) is 14.3 Å². The highest BCUT2D eigenvalue weighted by atomic mass is 19.2. The van der Waals surface area contributed by atoms with Crippen LogP contribution >= 0.6 is 0 Å². The first-order valence-electron chi connectivity index (χ1n) is 19.9. The van der Waals surface area contributed by atoms with Gasteiger partial charge < -0.3 is 22.7 Å². The maximum Gasteiger partial charge on any atom is 0.533 e. The Balaban J connectivity index is 1.24. The van der Waals surface area contributed by atoms with Gasteiger partial charge >= 0.3 is 12.9 Å². The van der Waals surface area contributed by atoms with Crippen molar-refractivity contribution in [1.82, 2.24) is 8.96 Å². The molecule has 10 heteroatoms. The summed E-state index contributed by atoms with van der Waals surface area (Å²) in [6.45, 7) is 6.22. The molecule has 2 aliphatic heterocycles. The van der Waals surface area contributed by atoms with Crippen LogP contribution in [-0.2, 0) is 5.41 Å². The minimum Gasteiger partial charge on any atom is -0.478 e. The van der Waals surface area contributed by atoms with Crippen molar-refractivity contribution in [1.29, 1.82) is 0 Å². The average molecular weight is 746 g/mol. The Morgan fingerprint density at radius 2 is 1.29 bits per heavy atom. The monoisotopic (exact) mass is 745 g/mol. The van der Waals surface area contributed by atoms with Crippen LogP contribution in [0, 0.1) is 24.3 Å². The topological polar surface area (TPSA) is 84.3 Å². The minimum atomic E-state index is -4.07. The summed E-state index contributed by atoms with van der Waals surface area (Å²) < 4.78 is 35.9. The van der Waals surface area contributed by atoms with Crippen molar-refractivity contribution in [3.05, 3.63) is 142 Å². The zero-order chi connectivity index (χ0) is 39.2. The summed E-state index contributed by atoms with van der Waals surface area (Å²) in [5, 5.41) is 11.2. The van der Waals surface area contributed by atoms with E-state index in [4.69, 9.17) is 0 Å². The molecule has 0 radical (unpaired) electrons. The number of rotatable bonds is 13. The maximum atomic E-state index is 15.8. The first-order valence-corrected chi connectivity index (χ1v) is 19.9. The number of carbonyl (C=O) groups is 1. The fourth-order valence-electron chi connectivity index (χ4n) is 8.89. The number of hydrogen-bond acceptors (Lipinski definition) is 3. The number of aromatic carboxylic acids is 1. The van der Waals surface area contributed by atoms with E-state index in [0.29, 0.717) is 45.3 Å². The molecule has 0 fully saturated rings. The number of carboxylic acids is 1. The molecular weight excluding hydrogens is 695 g/mol. The quantitative estimate of drug-likeness (QED) is 0.0765. The van der Waals surface area contributed by atoms with Crippen LogP contribution in [0.3, 0.4) is 0 Å². The average Bonchev–Trinajstić information content (AvgIpc) is 3.80. The van der Waals surface area contributed by atoms with Gasteiger partial charge in [-0.2, -0.15) is 4.58 Å². The van der Waals surface area contributed by atoms with Gasteiger partial charge in [-0.3, -0.25) is 9.59 Å². The molecule has 286 valence electrons. The van der Waals surface area contributed by atoms with Crippen molar-refractivity contribution < 1.29 is 23.1 Å². The number of fused-ring (bicyclic) bond motifs is 3. The molecule has 7 nitrogen and oxygen atoms in total. The number of aromatic nitrogens is 2. The number of carboxylic acid groups (broad SMARTS) is 1. The van der Waals surface area contributed by atoms with Crippen molar-refractivity contribution in [2.45, 2.75) is 104 Å². The number of unbranched alkanes of at least 4 members (excludes halogenated alkanes) is 9. The van der Waals surface area contributed by atoms with Crippen LogP contribution < -0.4 is 21.3 Å². The molecule has 0 aliphatic carbocycles. The van der Waals surface area contributed by atoms with Crippen LogP contribution in [0.15, 0.2) is 76.3 Å². The van der Waals surface area contributed by atoms with Crippen molar-refractivity contribution in [3.8, 4) is 0 Å². The molecule has 0 atom stereocenters. The number of nitrogens with zero attached hydrogens (tertiary/aromatic N) is 3. The fraction of sp³-hybridized carbons (Fsp3) is 0.378. The molecule has 0 unspecified atom stereocenters. The summed E-state index contributed by atoms with van der Waals surface area (Å²) in [6, 6.07) is 19.0. The van der Waals surface area contributed by atoms with Crippen LogP contribution in [-0.4, -0.2) is 43.8 Å². The second-order valence-electron chi connectivity index (χ2n) is 16.0. The molecule has 1 N–H and O–H groups in total. The predicted octanol–water partition coefficient (Wildman–Crippen LogP) is 7.60. The van der Waals surface area contributed by atoms with E-state index in [1.54, 1.807) is 80.6 Å². The van der Waals surface area contributed by atoms with E-state index in [1.807, 2.05) is 19.9 Å². The Labute approximate surface area is 320 Å². The standard InChI is InChI=1S/C45H50BF2N3O4/c1-6-7-8-9-10-11-12-13-14-15-26-49-36-25-22-33(44(54)55)27-35(36)45(4,5)39(49)28-34-42(52)41(43(34)53)32-20-18-31(19-21-32)40-37-23-16-29(2)50(37)46(47,48)51-30(3)17-24-38(40)51/h16-25,27-28H,6-15,26H2,1-5H3,(H,54,55). The van der Waals surface area contributed by atoms with Gasteiger partial charge in [0.15, 0.2) is 5.71 Å². The van der Waals surface area contributed by atoms with Gasteiger partial charge in [-0.05, 0) is 92.3 Å². The van der Waals surface area contributed by atoms with E-state index in [1.165, 1.54) is 44.9 Å². The van der Waals surface area contributed by atoms with Crippen LogP contribution in [0.25, 0.3) is 11.6 Å². The lowest BCUT2D eigenvalue weighted by molar-refractivity contribution is -0.437. The molecule has 55 heavy (non-hydrogen) atoms. The van der Waals surface area contributed by atoms with Crippen molar-refractivity contribution >= 4 is 36.0 Å². The summed E-state index contributed by atoms with van der Waals surface area (Å²) in [6.07, 6.45) is 13.7. The molecular formula is C45H50BF2N3O4. The first-order chi connectivity index (χ1) is 26.3. The second-order valence-corrected chi connectivity index (χ2v) is 16.0. The lowest BCUT2D eigenvalue weighted by Gasteiger charge is -2.40. The third-order valence-corrected chi connectivity index (χ3v) is 11.9. The van der Waals surface area contributed by atoms with Gasteiger partial charge in [0.1, 0.15) is 6.54 Å². The van der Waals surface area contributed by atoms with Gasteiger partial charge in [0, 0.05) is 41.1 Å². The maximum absolute atomic E-state index is 15.8. The normalized spacial score (nSPS) is 15.4. The summed E-state index contributed by atoms with van der Waals surface area (Å²) in [7, 11) is 0. The number of hydrogen-bond donors (Lipinski definition) is 1. The van der Waals surface area contributed by atoms with Crippen molar-refractivity contribution in [3.63, 3.8) is 0 Å². The Morgan fingerprint density at radius 1 is 0.764 bits per heavy atom. The highest BCUT2D eigenvalue weighted by molar-refractivity contribution is 6.64. The van der Waals surface area contributed by atoms with Gasteiger partial charge in [-0.15, -0.1) is 0 Å². The third kappa shape index (κ3) is 6.57. The molecule has 0 saturated carbocycles. The minimum absolute atomic E-state index is 0.100. The van der Waals surface area contributed by atoms with Gasteiger partial charge in [0.25, 0.3) is 0 Å². The molecule has 0 amide bonds. The summed E-state index contributed by atoms with van der Waals surface area (Å²) >= 11 is 0. The Morgan fingerprint density at radius 3 is 1.84 bits per heavy atom. The largest absolute Gasteiger partial charge is 0.533 e. The summed E-state index contributed by atoms with van der Waals surface area (Å²) in [4.78, 5) is 39.5. The molecule has 0 spiro atoms. The molecule has 0 saturated heterocycles. The lowest BCUT2D eigenvalue weighted by atomic mass is 9.80. The van der Waals surface area contributed by atoms with E-state index in [2.05, 4.69) is 11.5 Å². The lowest BCUT2D eigenvalue weighted by Crippen LogP contribution is -2.51. The zero-order valence-corrected chi connectivity index (χ0v) is 32.6. The first kappa shape index (κ1) is 38.2. The Hall–Kier alpha value is -5.12. The summed E-state index contributed by atoms with van der Waals surface area (Å²) in [5.41, 5.74) is 3.84. The fourth-order valence-corrected chi connectivity index (χ4v) is 8.89. The molecule has 0 bridgehead atoms. The van der Waals surface area contributed by atoms with Crippen LogP contribution in [0.2, 0.25) is 0 Å². The van der Waals surface area contributed by atoms with E-state index < -0.39 is 18.4 Å². The second kappa shape index (κ2) is 14.8. The van der Waals surface area contributed by atoms with Gasteiger partial charge in [0.2, 0.25) is 16.5 Å². The van der Waals surface area contributed by atoms with E-state index in [0.717, 1.165) is 45.2 Å². The Bertz CT molecular complexity index is 2550. The Kier molecular flexibility index (Phi) is 10.3. The van der Waals surface area contributed by atoms with Gasteiger partial charge in [0.05, 0.1) is 21.4 Å².